The van der Waals surface area contributed by atoms with Crippen LogP contribution in [0.2, 0.25) is 0 Å². The van der Waals surface area contributed by atoms with Crippen molar-refractivity contribution in [2.45, 2.75) is 44.1 Å². The molecule has 0 spiro atoms. The Labute approximate surface area is 216 Å². The highest BCUT2D eigenvalue weighted by Crippen LogP contribution is 2.53. The molecule has 1 unspecified atom stereocenters. The molecule has 0 radical (unpaired) electrons. The van der Waals surface area contributed by atoms with Gasteiger partial charge in [-0.15, -0.1) is 0 Å². The van der Waals surface area contributed by atoms with Crippen molar-refractivity contribution in [1.29, 1.82) is 0 Å². The molecule has 208 valence electrons. The first-order valence-electron chi connectivity index (χ1n) is 11.4. The minimum absolute atomic E-state index is 0.00768. The van der Waals surface area contributed by atoms with Gasteiger partial charge in [0.05, 0.1) is 6.61 Å². The Balaban J connectivity index is 2.11. The molecule has 0 bridgehead atoms. The monoisotopic (exact) mass is 564 g/mol. The normalized spacial score (nSPS) is 19.1. The molecule has 0 aliphatic carbocycles. The highest BCUT2D eigenvalue weighted by atomic mass is 32.2. The van der Waals surface area contributed by atoms with E-state index in [1.807, 2.05) is 0 Å². The van der Waals surface area contributed by atoms with Crippen LogP contribution >= 0.6 is 0 Å². The number of hydrogen-bond acceptors (Lipinski definition) is 4. The summed E-state index contributed by atoms with van der Waals surface area (Å²) in [6.07, 6.45) is -11.1. The number of benzene rings is 2. The lowest BCUT2D eigenvalue weighted by molar-refractivity contribution is -0.222. The molecule has 1 amide bonds. The maximum Gasteiger partial charge on any atom is 0.417 e. The lowest BCUT2D eigenvalue weighted by atomic mass is 9.78. The second-order valence-corrected chi connectivity index (χ2v) is 11.0. The predicted molar refractivity (Wildman–Crippen MR) is 128 cm³/mol. The molecule has 1 heterocycles. The molecule has 0 aromatic heterocycles. The number of rotatable bonds is 8. The average Bonchev–Trinajstić information content (AvgIpc) is 2.80. The van der Waals surface area contributed by atoms with Gasteiger partial charge in [0.25, 0.3) is 5.91 Å². The first-order valence-corrected chi connectivity index (χ1v) is 12.8. The highest BCUT2D eigenvalue weighted by Gasteiger charge is 2.66. The van der Waals surface area contributed by atoms with Crippen molar-refractivity contribution in [3.8, 4) is 5.75 Å². The van der Waals surface area contributed by atoms with Crippen LogP contribution in [0, 0.1) is 6.92 Å². The van der Waals surface area contributed by atoms with Crippen LogP contribution in [0.3, 0.4) is 0 Å². The Morgan fingerprint density at radius 2 is 1.55 bits per heavy atom. The summed E-state index contributed by atoms with van der Waals surface area (Å²) in [6.45, 7) is 1.45. The number of alkyl halides is 6. The largest absolute Gasteiger partial charge is 0.494 e. The van der Waals surface area contributed by atoms with Crippen molar-refractivity contribution in [2.75, 3.05) is 20.7 Å². The first kappa shape index (κ1) is 29.5. The second kappa shape index (κ2) is 10.6. The minimum Gasteiger partial charge on any atom is -0.494 e. The van der Waals surface area contributed by atoms with Gasteiger partial charge in [0.1, 0.15) is 5.75 Å². The van der Waals surface area contributed by atoms with E-state index in [1.54, 1.807) is 31.2 Å². The van der Waals surface area contributed by atoms with Crippen LogP contribution < -0.4 is 4.74 Å². The van der Waals surface area contributed by atoms with Crippen molar-refractivity contribution in [3.05, 3.63) is 71.3 Å². The predicted octanol–water partition coefficient (Wildman–Crippen LogP) is 5.60. The van der Waals surface area contributed by atoms with Crippen LogP contribution in [-0.2, 0) is 20.5 Å². The van der Waals surface area contributed by atoms with Crippen LogP contribution in [0.1, 0.15) is 36.0 Å². The highest BCUT2D eigenvalue weighted by molar-refractivity contribution is 7.87. The fourth-order valence-corrected chi connectivity index (χ4v) is 5.38. The molecule has 0 fully saturated rings. The van der Waals surface area contributed by atoms with Crippen molar-refractivity contribution < 1.29 is 44.3 Å². The molecule has 1 atom stereocenters. The number of ether oxygens (including phenoxy) is 1. The number of aryl methyl sites for hydroxylation is 1. The molecule has 3 rings (SSSR count). The van der Waals surface area contributed by atoms with Gasteiger partial charge >= 0.3 is 22.6 Å². The minimum atomic E-state index is -5.26. The smallest absolute Gasteiger partial charge is 0.417 e. The van der Waals surface area contributed by atoms with E-state index in [0.29, 0.717) is 9.87 Å². The SMILES string of the molecule is Cc1ccc(C2=CC(=O)N(S(=O)(=O)N(C)C)C(c3ccc(OCCCC(F)(F)F)cc3)(C(F)(F)F)C2)cc1. The molecule has 1 aliphatic heterocycles. The van der Waals surface area contributed by atoms with Gasteiger partial charge in [-0.2, -0.15) is 39.1 Å². The van der Waals surface area contributed by atoms with E-state index >= 15 is 13.2 Å². The van der Waals surface area contributed by atoms with Crippen molar-refractivity contribution in [3.63, 3.8) is 0 Å². The van der Waals surface area contributed by atoms with Crippen LogP contribution in [0.25, 0.3) is 5.57 Å². The summed E-state index contributed by atoms with van der Waals surface area (Å²) in [5.41, 5.74) is -2.71. The summed E-state index contributed by atoms with van der Waals surface area (Å²) in [6, 6.07) is 10.5. The Morgan fingerprint density at radius 1 is 0.974 bits per heavy atom. The van der Waals surface area contributed by atoms with Crippen molar-refractivity contribution >= 4 is 21.7 Å². The summed E-state index contributed by atoms with van der Waals surface area (Å²) in [5.74, 6) is -1.38. The van der Waals surface area contributed by atoms with Crippen LogP contribution in [-0.4, -0.2) is 56.0 Å². The third kappa shape index (κ3) is 5.98. The quantitative estimate of drug-likeness (QED) is 0.310. The molecule has 0 saturated heterocycles. The number of hydrogen-bond donors (Lipinski definition) is 0. The van der Waals surface area contributed by atoms with Gasteiger partial charge in [0, 0.05) is 33.0 Å². The van der Waals surface area contributed by atoms with E-state index in [2.05, 4.69) is 0 Å². The lowest BCUT2D eigenvalue weighted by Crippen LogP contribution is -2.63. The van der Waals surface area contributed by atoms with Gasteiger partial charge in [-0.1, -0.05) is 42.0 Å². The van der Waals surface area contributed by atoms with Gasteiger partial charge in [-0.25, -0.2) is 4.31 Å². The van der Waals surface area contributed by atoms with Gasteiger partial charge in [0.15, 0.2) is 5.54 Å². The number of amides is 1. The van der Waals surface area contributed by atoms with Crippen LogP contribution in [0.5, 0.6) is 5.75 Å². The standard InChI is InChI=1S/C25H26F6N2O4S/c1-17-5-7-18(8-6-17)19-15-22(34)33(38(35,36)32(2)3)23(16-19,25(29,30)31)20-9-11-21(12-10-20)37-14-4-13-24(26,27)28/h5-12,15H,4,13-14,16H2,1-3H3. The van der Waals surface area contributed by atoms with E-state index in [4.69, 9.17) is 4.74 Å². The Bertz CT molecular complexity index is 1290. The maximum absolute atomic E-state index is 15.1. The molecule has 0 N–H and O–H groups in total. The average molecular weight is 565 g/mol. The topological polar surface area (TPSA) is 66.9 Å². The zero-order valence-electron chi connectivity index (χ0n) is 20.7. The third-order valence-electron chi connectivity index (χ3n) is 6.08. The van der Waals surface area contributed by atoms with Crippen molar-refractivity contribution in [1.82, 2.24) is 8.61 Å². The van der Waals surface area contributed by atoms with Crippen molar-refractivity contribution in [2.24, 2.45) is 0 Å². The molecule has 2 aromatic carbocycles. The Hall–Kier alpha value is -3.06. The number of halogens is 6. The zero-order chi connectivity index (χ0) is 28.5. The summed E-state index contributed by atoms with van der Waals surface area (Å²) in [5, 5.41) is 0. The Morgan fingerprint density at radius 3 is 2.05 bits per heavy atom. The first-order chi connectivity index (χ1) is 17.5. The van der Waals surface area contributed by atoms with E-state index in [1.165, 1.54) is 0 Å². The van der Waals surface area contributed by atoms with Gasteiger partial charge in [-0.05, 0) is 42.2 Å². The summed E-state index contributed by atoms with van der Waals surface area (Å²) >= 11 is 0. The van der Waals surface area contributed by atoms with E-state index in [9.17, 15) is 26.4 Å². The summed E-state index contributed by atoms with van der Waals surface area (Å²) < 4.78 is 114. The molecule has 6 nitrogen and oxygen atoms in total. The molecular weight excluding hydrogens is 538 g/mol. The van der Waals surface area contributed by atoms with Gasteiger partial charge in [0.2, 0.25) is 0 Å². The third-order valence-corrected chi connectivity index (χ3v) is 7.96. The van der Waals surface area contributed by atoms with Gasteiger partial charge < -0.3 is 4.74 Å². The second-order valence-electron chi connectivity index (χ2n) is 9.05. The van der Waals surface area contributed by atoms with Crippen LogP contribution in [0.15, 0.2) is 54.6 Å². The van der Waals surface area contributed by atoms with E-state index in [-0.39, 0.29) is 28.7 Å². The van der Waals surface area contributed by atoms with E-state index in [0.717, 1.165) is 50.0 Å². The molecular formula is C25H26F6N2O4S. The molecule has 13 heteroatoms. The number of nitrogens with zero attached hydrogens (tertiary/aromatic N) is 2. The zero-order valence-corrected chi connectivity index (χ0v) is 21.5. The number of carbonyl (C=O) groups excluding carboxylic acids is 1. The lowest BCUT2D eigenvalue weighted by Gasteiger charge is -2.47. The molecule has 0 saturated carbocycles. The summed E-state index contributed by atoms with van der Waals surface area (Å²) in [4.78, 5) is 13.2. The maximum atomic E-state index is 15.1. The molecule has 38 heavy (non-hydrogen) atoms. The molecule has 2 aromatic rings. The fraction of sp³-hybridized carbons (Fsp3) is 0.400. The fourth-order valence-electron chi connectivity index (χ4n) is 4.11. The molecule has 1 aliphatic rings. The Kier molecular flexibility index (Phi) is 8.23. The van der Waals surface area contributed by atoms with E-state index < -0.39 is 52.4 Å². The van der Waals surface area contributed by atoms with Crippen LogP contribution in [0.4, 0.5) is 26.3 Å². The number of carbonyl (C=O) groups is 1. The summed E-state index contributed by atoms with van der Waals surface area (Å²) in [7, 11) is -2.90. The van der Waals surface area contributed by atoms with Gasteiger partial charge in [-0.3, -0.25) is 4.79 Å².